The van der Waals surface area contributed by atoms with Crippen molar-refractivity contribution in [3.05, 3.63) is 59.9 Å². The third kappa shape index (κ3) is 5.19. The normalized spacial score (nSPS) is 11.7. The largest absolute Gasteiger partial charge is 0.493 e. The zero-order valence-electron chi connectivity index (χ0n) is 19.3. The quantitative estimate of drug-likeness (QED) is 0.356. The molecule has 3 rings (SSSR count). The lowest BCUT2D eigenvalue weighted by Gasteiger charge is -2.20. The summed E-state index contributed by atoms with van der Waals surface area (Å²) in [4.78, 5) is 14.8. The van der Waals surface area contributed by atoms with E-state index in [4.69, 9.17) is 9.15 Å². The molecule has 0 N–H and O–H groups in total. The van der Waals surface area contributed by atoms with E-state index < -0.39 is 0 Å². The summed E-state index contributed by atoms with van der Waals surface area (Å²) in [5.74, 6) is 0.786. The molecule has 31 heavy (non-hydrogen) atoms. The van der Waals surface area contributed by atoms with E-state index in [1.807, 2.05) is 24.8 Å². The summed E-state index contributed by atoms with van der Waals surface area (Å²) in [7, 11) is 0. The smallest absolute Gasteiger partial charge is 0.246 e. The maximum absolute atomic E-state index is 12.9. The van der Waals surface area contributed by atoms with Gasteiger partial charge in [0, 0.05) is 41.7 Å². The number of carbonyl (C=O) groups excluding carboxylic acids is 1. The Bertz CT molecular complexity index is 1050. The van der Waals surface area contributed by atoms with Crippen LogP contribution in [0.2, 0.25) is 0 Å². The van der Waals surface area contributed by atoms with Gasteiger partial charge in [-0.15, -0.1) is 0 Å². The minimum Gasteiger partial charge on any atom is -0.493 e. The van der Waals surface area contributed by atoms with Crippen LogP contribution in [0.3, 0.4) is 0 Å². The zero-order valence-corrected chi connectivity index (χ0v) is 19.3. The molecule has 0 bridgehead atoms. The second kappa shape index (κ2) is 10.3. The highest BCUT2D eigenvalue weighted by atomic mass is 16.5. The van der Waals surface area contributed by atoms with E-state index in [0.717, 1.165) is 64.9 Å². The highest BCUT2D eigenvalue weighted by molar-refractivity contribution is 6.00. The van der Waals surface area contributed by atoms with E-state index in [2.05, 4.69) is 51.1 Å². The van der Waals surface area contributed by atoms with Crippen LogP contribution in [-0.2, 0) is 4.79 Å². The average Bonchev–Trinajstić information content (AvgIpc) is 3.16. The van der Waals surface area contributed by atoms with Crippen LogP contribution >= 0.6 is 0 Å². The third-order valence-electron chi connectivity index (χ3n) is 5.40. The summed E-state index contributed by atoms with van der Waals surface area (Å²) in [6.45, 7) is 12.3. The lowest BCUT2D eigenvalue weighted by molar-refractivity contribution is -0.126. The maximum Gasteiger partial charge on any atom is 0.246 e. The number of hydrogen-bond donors (Lipinski definition) is 0. The van der Waals surface area contributed by atoms with Crippen molar-refractivity contribution < 1.29 is 13.9 Å². The van der Waals surface area contributed by atoms with Crippen LogP contribution < -0.4 is 4.74 Å². The first-order chi connectivity index (χ1) is 15.0. The van der Waals surface area contributed by atoms with Gasteiger partial charge in [0.05, 0.1) is 12.9 Å². The average molecular weight is 420 g/mol. The summed E-state index contributed by atoms with van der Waals surface area (Å²) in [5, 5.41) is 1.02. The molecule has 0 aliphatic rings. The minimum atomic E-state index is 0.0506. The first kappa shape index (κ1) is 22.7. The zero-order chi connectivity index (χ0) is 22.4. The van der Waals surface area contributed by atoms with E-state index in [0.29, 0.717) is 6.61 Å². The monoisotopic (exact) mass is 419 g/mol. The number of allylic oxidation sites excluding steroid dienone is 1. The Morgan fingerprint density at radius 1 is 1.06 bits per heavy atom. The molecular formula is C27H33NO3. The number of nitrogens with zero attached hydrogens (tertiary/aromatic N) is 1. The van der Waals surface area contributed by atoms with Crippen LogP contribution in [-0.4, -0.2) is 30.5 Å². The van der Waals surface area contributed by atoms with Crippen molar-refractivity contribution in [1.29, 1.82) is 0 Å². The maximum atomic E-state index is 12.9. The number of rotatable bonds is 9. The molecule has 0 fully saturated rings. The Labute approximate surface area is 185 Å². The fraction of sp³-hybridized carbons (Fsp3) is 0.370. The van der Waals surface area contributed by atoms with Crippen LogP contribution in [0.25, 0.3) is 27.7 Å². The predicted octanol–water partition coefficient (Wildman–Crippen LogP) is 6.86. The van der Waals surface area contributed by atoms with Crippen LogP contribution in [0.1, 0.15) is 51.7 Å². The van der Waals surface area contributed by atoms with Crippen molar-refractivity contribution in [2.45, 2.75) is 47.5 Å². The van der Waals surface area contributed by atoms with Gasteiger partial charge in [0.2, 0.25) is 5.91 Å². The van der Waals surface area contributed by atoms with Gasteiger partial charge in [0.1, 0.15) is 11.3 Å². The minimum absolute atomic E-state index is 0.0506. The summed E-state index contributed by atoms with van der Waals surface area (Å²) < 4.78 is 11.8. The summed E-state index contributed by atoms with van der Waals surface area (Å²) in [6.07, 6.45) is 5.43. The highest BCUT2D eigenvalue weighted by Crippen LogP contribution is 2.37. The van der Waals surface area contributed by atoms with E-state index in [1.54, 1.807) is 12.3 Å². The number of benzene rings is 2. The molecule has 0 saturated carbocycles. The van der Waals surface area contributed by atoms with Gasteiger partial charge in [0.15, 0.2) is 0 Å². The van der Waals surface area contributed by atoms with Crippen molar-refractivity contribution in [3.63, 3.8) is 0 Å². The van der Waals surface area contributed by atoms with Crippen molar-refractivity contribution in [2.75, 3.05) is 19.7 Å². The van der Waals surface area contributed by atoms with Crippen molar-refractivity contribution in [1.82, 2.24) is 4.90 Å². The van der Waals surface area contributed by atoms with Crippen molar-refractivity contribution >= 4 is 22.4 Å². The summed E-state index contributed by atoms with van der Waals surface area (Å²) in [5.41, 5.74) is 5.96. The second-order valence-corrected chi connectivity index (χ2v) is 7.95. The van der Waals surface area contributed by atoms with Crippen LogP contribution in [0, 0.1) is 6.92 Å². The van der Waals surface area contributed by atoms with Gasteiger partial charge < -0.3 is 14.1 Å². The Kier molecular flexibility index (Phi) is 7.56. The number of fused-ring (bicyclic) bond motifs is 1. The first-order valence-corrected chi connectivity index (χ1v) is 11.2. The Morgan fingerprint density at radius 2 is 1.74 bits per heavy atom. The van der Waals surface area contributed by atoms with Crippen LogP contribution in [0.4, 0.5) is 0 Å². The van der Waals surface area contributed by atoms with E-state index in [1.165, 1.54) is 5.56 Å². The van der Waals surface area contributed by atoms with Crippen molar-refractivity contribution in [2.24, 2.45) is 0 Å². The van der Waals surface area contributed by atoms with Gasteiger partial charge in [0.25, 0.3) is 0 Å². The van der Waals surface area contributed by atoms with Crippen LogP contribution in [0.5, 0.6) is 5.75 Å². The Hall–Kier alpha value is -3.01. The Balaban J connectivity index is 2.06. The van der Waals surface area contributed by atoms with E-state index in [9.17, 15) is 4.79 Å². The molecule has 0 aliphatic heterocycles. The fourth-order valence-electron chi connectivity index (χ4n) is 3.82. The number of furan rings is 1. The van der Waals surface area contributed by atoms with Crippen molar-refractivity contribution in [3.8, 4) is 16.9 Å². The van der Waals surface area contributed by atoms with E-state index >= 15 is 0 Å². The van der Waals surface area contributed by atoms with Gasteiger partial charge in [-0.2, -0.15) is 0 Å². The molecule has 0 unspecified atom stereocenters. The molecule has 0 spiro atoms. The molecule has 0 atom stereocenters. The topological polar surface area (TPSA) is 42.7 Å². The molecule has 1 heterocycles. The lowest BCUT2D eigenvalue weighted by Crippen LogP contribution is -2.31. The van der Waals surface area contributed by atoms with Gasteiger partial charge >= 0.3 is 0 Å². The van der Waals surface area contributed by atoms with Gasteiger partial charge in [-0.25, -0.2) is 0 Å². The standard InChI is InChI=1S/C27H33NO3/c1-6-13-28(14-7-2)27(29)15-20(5)22-16-23-24(21-11-9-19(4)10-12-21)18-31-26(23)17-25(22)30-8-3/h9-12,15-18H,6-8,13-14H2,1-5H3/b20-15+. The molecule has 4 nitrogen and oxygen atoms in total. The molecule has 0 saturated heterocycles. The van der Waals surface area contributed by atoms with E-state index in [-0.39, 0.29) is 5.91 Å². The van der Waals surface area contributed by atoms with Gasteiger partial charge in [-0.05, 0) is 50.8 Å². The molecule has 164 valence electrons. The van der Waals surface area contributed by atoms with Gasteiger partial charge in [-0.1, -0.05) is 43.7 Å². The molecule has 2 aromatic carbocycles. The molecule has 1 amide bonds. The molecule has 0 radical (unpaired) electrons. The number of ether oxygens (including phenoxy) is 1. The summed E-state index contributed by atoms with van der Waals surface area (Å²) >= 11 is 0. The number of aryl methyl sites for hydroxylation is 1. The molecule has 1 aromatic heterocycles. The first-order valence-electron chi connectivity index (χ1n) is 11.2. The molecule has 0 aliphatic carbocycles. The molecule has 4 heteroatoms. The fourth-order valence-corrected chi connectivity index (χ4v) is 3.82. The lowest BCUT2D eigenvalue weighted by atomic mass is 9.98. The number of carbonyl (C=O) groups is 1. The SMILES string of the molecule is CCCN(CCC)C(=O)/C=C(\C)c1cc2c(-c3ccc(C)cc3)coc2cc1OCC. The Morgan fingerprint density at radius 3 is 2.35 bits per heavy atom. The number of amides is 1. The van der Waals surface area contributed by atoms with Crippen LogP contribution in [0.15, 0.2) is 53.2 Å². The molecular weight excluding hydrogens is 386 g/mol. The van der Waals surface area contributed by atoms with Gasteiger partial charge in [-0.3, -0.25) is 4.79 Å². The predicted molar refractivity (Wildman–Crippen MR) is 128 cm³/mol. The third-order valence-corrected chi connectivity index (χ3v) is 5.40. The molecule has 3 aromatic rings. The highest BCUT2D eigenvalue weighted by Gasteiger charge is 2.16. The summed E-state index contributed by atoms with van der Waals surface area (Å²) in [6, 6.07) is 12.4. The second-order valence-electron chi connectivity index (χ2n) is 7.95. The number of hydrogen-bond acceptors (Lipinski definition) is 3.